The van der Waals surface area contributed by atoms with Crippen LogP contribution in [0.3, 0.4) is 0 Å². The number of carbonyl (C=O) groups is 5. The van der Waals surface area contributed by atoms with Crippen molar-refractivity contribution in [3.8, 4) is 0 Å². The van der Waals surface area contributed by atoms with Gasteiger partial charge in [-0.1, -0.05) is 0 Å². The Morgan fingerprint density at radius 1 is 0.576 bits per heavy atom. The Morgan fingerprint density at radius 2 is 1.03 bits per heavy atom. The highest BCUT2D eigenvalue weighted by atomic mass is 16.5. The Kier molecular flexibility index (Phi) is 14.4. The minimum atomic E-state index is -0.560. The number of nitrogens with zero attached hydrogens (tertiary/aromatic N) is 2. The largest absolute Gasteiger partial charge is 0.469 e. The van der Waals surface area contributed by atoms with Gasteiger partial charge in [-0.15, -0.1) is 0 Å². The van der Waals surface area contributed by atoms with Crippen LogP contribution < -0.4 is 0 Å². The topological polar surface area (TPSA) is 189 Å². The predicted octanol–water partition coefficient (Wildman–Crippen LogP) is 7.49. The standard InChI is InChI=1S/C45H52N4O10/c1-10-59-43(54)20-15-32-44-27(5)30(13-18-41(52)57-8)38(49-44)22-34-25(3)28(11-16-39(50)55-6)36(47-34)21-33-24(2)29(12-17-40(51)56-7)37(46-33)23-35-26(4)31(45(32)48-35)14-19-42(53)58-9/h15,20-23,46-47H,10-14,16-19H2,1-9H3. The highest BCUT2D eigenvalue weighted by Gasteiger charge is 2.27. The van der Waals surface area contributed by atoms with Crippen LogP contribution in [-0.2, 0) is 60.5 Å². The molecular weight excluding hydrogens is 757 g/mol. The van der Waals surface area contributed by atoms with Crippen LogP contribution in [0, 0.1) is 13.8 Å². The van der Waals surface area contributed by atoms with E-state index < -0.39 is 11.9 Å². The van der Waals surface area contributed by atoms with Crippen molar-refractivity contribution < 1.29 is 47.7 Å². The molecule has 0 spiro atoms. The molecule has 5 heterocycles. The fourth-order valence-electron chi connectivity index (χ4n) is 7.46. The summed E-state index contributed by atoms with van der Waals surface area (Å²) in [5.41, 5.74) is 12.4. The number of aryl methyl sites for hydroxylation is 4. The number of aromatic amines is 2. The highest BCUT2D eigenvalue weighted by molar-refractivity contribution is 6.01. The molecule has 0 atom stereocenters. The summed E-state index contributed by atoms with van der Waals surface area (Å²) in [5, 5.41) is 0. The van der Waals surface area contributed by atoms with Crippen LogP contribution in [0.5, 0.6) is 0 Å². The number of H-pyrrole nitrogens is 2. The number of esters is 5. The Bertz CT molecular complexity index is 2450. The van der Waals surface area contributed by atoms with Gasteiger partial charge in [0.25, 0.3) is 0 Å². The zero-order valence-electron chi connectivity index (χ0n) is 35.2. The number of carbonyl (C=O) groups excluding carboxylic acids is 5. The average Bonchev–Trinajstić information content (AvgIpc) is 3.90. The molecule has 312 valence electrons. The molecule has 3 aromatic rings. The van der Waals surface area contributed by atoms with Gasteiger partial charge < -0.3 is 33.7 Å². The van der Waals surface area contributed by atoms with E-state index in [0.29, 0.717) is 47.6 Å². The number of hydrogen-bond donors (Lipinski definition) is 2. The minimum Gasteiger partial charge on any atom is -0.469 e. The van der Waals surface area contributed by atoms with Crippen molar-refractivity contribution in [1.82, 2.24) is 19.9 Å². The quantitative estimate of drug-likeness (QED) is 0.0876. The molecule has 2 aliphatic rings. The molecule has 2 aliphatic heterocycles. The van der Waals surface area contributed by atoms with Crippen LogP contribution >= 0.6 is 0 Å². The molecule has 0 fully saturated rings. The third-order valence-electron chi connectivity index (χ3n) is 10.9. The lowest BCUT2D eigenvalue weighted by atomic mass is 9.94. The van der Waals surface area contributed by atoms with Crippen LogP contribution in [0.2, 0.25) is 0 Å². The number of rotatable bonds is 15. The van der Waals surface area contributed by atoms with Crippen molar-refractivity contribution >= 4 is 80.3 Å². The van der Waals surface area contributed by atoms with Gasteiger partial charge in [-0.25, -0.2) is 14.8 Å². The third-order valence-corrected chi connectivity index (χ3v) is 10.9. The first-order valence-electron chi connectivity index (χ1n) is 19.5. The molecule has 14 heteroatoms. The van der Waals surface area contributed by atoms with E-state index in [1.165, 1.54) is 34.5 Å². The number of methoxy groups -OCH3 is 4. The average molecular weight is 809 g/mol. The Balaban J connectivity index is 2.00. The van der Waals surface area contributed by atoms with E-state index >= 15 is 0 Å². The molecule has 59 heavy (non-hydrogen) atoms. The number of allylic oxidation sites excluding steroid dienone is 4. The molecule has 14 nitrogen and oxygen atoms in total. The first kappa shape index (κ1) is 43.8. The van der Waals surface area contributed by atoms with Gasteiger partial charge in [0.15, 0.2) is 0 Å². The van der Waals surface area contributed by atoms with Crippen LogP contribution in [0.1, 0.15) is 110 Å². The van der Waals surface area contributed by atoms with Gasteiger partial charge in [0.05, 0.1) is 57.8 Å². The molecule has 5 rings (SSSR count). The maximum atomic E-state index is 12.9. The molecule has 2 N–H and O–H groups in total. The predicted molar refractivity (Wildman–Crippen MR) is 224 cm³/mol. The van der Waals surface area contributed by atoms with Gasteiger partial charge in [0.2, 0.25) is 0 Å². The second-order valence-corrected chi connectivity index (χ2v) is 14.2. The lowest BCUT2D eigenvalue weighted by molar-refractivity contribution is -0.141. The Labute approximate surface area is 343 Å². The Hall–Kier alpha value is -6.31. The molecule has 0 saturated heterocycles. The molecular formula is C45H52N4O10. The van der Waals surface area contributed by atoms with Crippen molar-refractivity contribution in [2.75, 3.05) is 35.0 Å². The van der Waals surface area contributed by atoms with Gasteiger partial charge in [-0.05, 0) is 129 Å². The second-order valence-electron chi connectivity index (χ2n) is 14.2. The first-order chi connectivity index (χ1) is 28.2. The maximum absolute atomic E-state index is 12.9. The summed E-state index contributed by atoms with van der Waals surface area (Å²) >= 11 is 0. The van der Waals surface area contributed by atoms with Crippen molar-refractivity contribution in [1.29, 1.82) is 0 Å². The van der Waals surface area contributed by atoms with Gasteiger partial charge in [-0.2, -0.15) is 0 Å². The SMILES string of the molecule is CCOC(=O)C=Cc1c2nc(cc3[nH]c(cc4[nH]c(cc5nc1C(CCC(=O)OC)=C5C)c(CCC(=O)OC)c4C)c(CCC(=O)OC)c3C)C(CCC(=O)OC)=C2C. The summed E-state index contributed by atoms with van der Waals surface area (Å²) in [6, 6.07) is 5.84. The smallest absolute Gasteiger partial charge is 0.330 e. The molecule has 0 radical (unpaired) electrons. The fourth-order valence-corrected chi connectivity index (χ4v) is 7.46. The Morgan fingerprint density at radius 3 is 1.56 bits per heavy atom. The second kappa shape index (κ2) is 19.4. The molecule has 0 aromatic carbocycles. The highest BCUT2D eigenvalue weighted by Crippen LogP contribution is 2.41. The molecule has 0 saturated carbocycles. The molecule has 3 aromatic heterocycles. The van der Waals surface area contributed by atoms with Crippen molar-refractivity contribution in [3.63, 3.8) is 0 Å². The van der Waals surface area contributed by atoms with Crippen LogP contribution in [0.15, 0.2) is 24.3 Å². The van der Waals surface area contributed by atoms with E-state index in [9.17, 15) is 24.0 Å². The molecule has 8 bridgehead atoms. The summed E-state index contributed by atoms with van der Waals surface area (Å²) in [6.45, 7) is 9.68. The maximum Gasteiger partial charge on any atom is 0.330 e. The number of hydrogen-bond acceptors (Lipinski definition) is 12. The lowest BCUT2D eigenvalue weighted by Crippen LogP contribution is -2.02. The van der Waals surface area contributed by atoms with Crippen molar-refractivity contribution in [2.45, 2.75) is 86.0 Å². The number of ether oxygens (including phenoxy) is 5. The van der Waals surface area contributed by atoms with E-state index in [4.69, 9.17) is 33.7 Å². The van der Waals surface area contributed by atoms with Gasteiger partial charge >= 0.3 is 29.8 Å². The number of aromatic nitrogens is 4. The summed E-state index contributed by atoms with van der Waals surface area (Å²) in [5.74, 6) is -2.04. The van der Waals surface area contributed by atoms with Crippen LogP contribution in [-0.4, -0.2) is 84.8 Å². The monoisotopic (exact) mass is 808 g/mol. The van der Waals surface area contributed by atoms with Gasteiger partial charge in [0, 0.05) is 59.4 Å². The lowest BCUT2D eigenvalue weighted by Gasteiger charge is -2.09. The number of nitrogens with one attached hydrogen (secondary N) is 2. The van der Waals surface area contributed by atoms with E-state index in [1.807, 2.05) is 45.9 Å². The zero-order valence-corrected chi connectivity index (χ0v) is 35.2. The minimum absolute atomic E-state index is 0.0682. The van der Waals surface area contributed by atoms with E-state index in [2.05, 4.69) is 9.97 Å². The zero-order chi connectivity index (χ0) is 43.0. The normalized spacial score (nSPS) is 12.6. The van der Waals surface area contributed by atoms with Crippen LogP contribution in [0.25, 0.3) is 50.4 Å². The summed E-state index contributed by atoms with van der Waals surface area (Å²) in [6.07, 6.45) is 4.76. The molecule has 0 aliphatic carbocycles. The van der Waals surface area contributed by atoms with E-state index in [1.54, 1.807) is 13.0 Å². The van der Waals surface area contributed by atoms with Gasteiger partial charge in [0.1, 0.15) is 0 Å². The first-order valence-corrected chi connectivity index (χ1v) is 19.5. The third kappa shape index (κ3) is 9.87. The van der Waals surface area contributed by atoms with E-state index in [-0.39, 0.29) is 56.6 Å². The summed E-state index contributed by atoms with van der Waals surface area (Å²) in [7, 11) is 5.40. The molecule has 0 amide bonds. The van der Waals surface area contributed by atoms with E-state index in [0.717, 1.165) is 66.6 Å². The van der Waals surface area contributed by atoms with Crippen LogP contribution in [0.4, 0.5) is 0 Å². The summed E-state index contributed by atoms with van der Waals surface area (Å²) < 4.78 is 25.3. The van der Waals surface area contributed by atoms with Crippen molar-refractivity contribution in [2.24, 2.45) is 0 Å². The molecule has 0 unspecified atom stereocenters. The fraction of sp³-hybridized carbons (Fsp3) is 0.400. The van der Waals surface area contributed by atoms with Crippen molar-refractivity contribution in [3.05, 3.63) is 74.9 Å². The van der Waals surface area contributed by atoms with Gasteiger partial charge in [-0.3, -0.25) is 19.2 Å². The number of fused-ring (bicyclic) bond motifs is 8. The summed E-state index contributed by atoms with van der Waals surface area (Å²) in [4.78, 5) is 80.3.